The molecule has 1 aliphatic rings. The van der Waals surface area contributed by atoms with Gasteiger partial charge in [-0.15, -0.1) is 0 Å². The Morgan fingerprint density at radius 2 is 2.07 bits per heavy atom. The molecule has 0 saturated carbocycles. The molecule has 0 spiro atoms. The lowest BCUT2D eigenvalue weighted by atomic mass is 10.1. The molecule has 0 bridgehead atoms. The predicted octanol–water partition coefficient (Wildman–Crippen LogP) is 1.81. The van der Waals surface area contributed by atoms with Gasteiger partial charge in [0.2, 0.25) is 0 Å². The van der Waals surface area contributed by atoms with Crippen LogP contribution < -0.4 is 4.74 Å². The van der Waals surface area contributed by atoms with E-state index in [0.717, 1.165) is 37.6 Å². The molecule has 30 heavy (non-hydrogen) atoms. The number of aromatic amines is 1. The Morgan fingerprint density at radius 3 is 2.77 bits per heavy atom. The lowest BCUT2D eigenvalue weighted by Gasteiger charge is -2.27. The van der Waals surface area contributed by atoms with Gasteiger partial charge in [0.1, 0.15) is 23.9 Å². The second-order valence-electron chi connectivity index (χ2n) is 7.47. The summed E-state index contributed by atoms with van der Waals surface area (Å²) in [7, 11) is 1.83. The van der Waals surface area contributed by atoms with E-state index in [1.165, 1.54) is 0 Å². The van der Waals surface area contributed by atoms with E-state index >= 15 is 0 Å². The van der Waals surface area contributed by atoms with Gasteiger partial charge in [0.15, 0.2) is 5.82 Å². The maximum Gasteiger partial charge on any atom is 0.272 e. The van der Waals surface area contributed by atoms with Crippen LogP contribution in [0.5, 0.6) is 5.75 Å². The fraction of sp³-hybridized carbons (Fsp3) is 0.429. The fourth-order valence-electron chi connectivity index (χ4n) is 3.74. The van der Waals surface area contributed by atoms with Crippen LogP contribution in [0.1, 0.15) is 34.6 Å². The molecule has 3 aromatic rings. The number of carbonyl (C=O) groups is 1. The van der Waals surface area contributed by atoms with Crippen LogP contribution in [0.15, 0.2) is 42.9 Å². The molecule has 2 aromatic heterocycles. The Bertz CT molecular complexity index is 969. The van der Waals surface area contributed by atoms with E-state index in [1.54, 1.807) is 17.1 Å². The summed E-state index contributed by atoms with van der Waals surface area (Å²) in [5.41, 5.74) is 0.563. The minimum atomic E-state index is -0.183. The third-order valence-electron chi connectivity index (χ3n) is 5.38. The molecule has 1 amide bonds. The van der Waals surface area contributed by atoms with Crippen molar-refractivity contribution in [2.24, 2.45) is 7.05 Å². The van der Waals surface area contributed by atoms with E-state index in [2.05, 4.69) is 25.1 Å². The van der Waals surface area contributed by atoms with Crippen molar-refractivity contribution in [3.05, 3.63) is 60.2 Å². The number of rotatable bonds is 6. The van der Waals surface area contributed by atoms with E-state index in [-0.39, 0.29) is 11.9 Å². The maximum absolute atomic E-state index is 13.3. The summed E-state index contributed by atoms with van der Waals surface area (Å²) in [6, 6.07) is 9.63. The first kappa shape index (κ1) is 20.1. The fourth-order valence-corrected chi connectivity index (χ4v) is 3.74. The number of ether oxygens (including phenoxy) is 1. The van der Waals surface area contributed by atoms with Crippen LogP contribution in [0, 0.1) is 6.92 Å². The standard InChI is InChI=1S/C21H27N7O2/c1-16-23-20(25-24-16)18-8-9-27(12-13-30-17-6-4-3-5-7-17)10-11-28(18)21(29)19-14-22-15-26(19)2/h3-7,14-15,18H,8-13H2,1-2H3,(H,23,24,25). The first-order valence-corrected chi connectivity index (χ1v) is 10.2. The number of hydrogen-bond donors (Lipinski definition) is 1. The lowest BCUT2D eigenvalue weighted by molar-refractivity contribution is 0.0667. The van der Waals surface area contributed by atoms with Crippen molar-refractivity contribution in [3.8, 4) is 5.75 Å². The molecule has 1 unspecified atom stereocenters. The van der Waals surface area contributed by atoms with Gasteiger partial charge in [0, 0.05) is 33.2 Å². The molecule has 1 N–H and O–H groups in total. The third-order valence-corrected chi connectivity index (χ3v) is 5.38. The van der Waals surface area contributed by atoms with Gasteiger partial charge in [-0.3, -0.25) is 14.8 Å². The Labute approximate surface area is 175 Å². The molecule has 0 aliphatic carbocycles. The first-order valence-electron chi connectivity index (χ1n) is 10.2. The second kappa shape index (κ2) is 9.08. The van der Waals surface area contributed by atoms with Crippen LogP contribution in [0.25, 0.3) is 0 Å². The highest BCUT2D eigenvalue weighted by Crippen LogP contribution is 2.26. The molecule has 1 atom stereocenters. The number of nitrogens with one attached hydrogen (secondary N) is 1. The van der Waals surface area contributed by atoms with Gasteiger partial charge in [-0.05, 0) is 25.5 Å². The summed E-state index contributed by atoms with van der Waals surface area (Å²) in [4.78, 5) is 26.1. The number of aryl methyl sites for hydroxylation is 2. The number of aromatic nitrogens is 5. The third kappa shape index (κ3) is 4.51. The van der Waals surface area contributed by atoms with Gasteiger partial charge in [0.05, 0.1) is 18.6 Å². The summed E-state index contributed by atoms with van der Waals surface area (Å²) in [6.07, 6.45) is 4.01. The predicted molar refractivity (Wildman–Crippen MR) is 111 cm³/mol. The van der Waals surface area contributed by atoms with Crippen molar-refractivity contribution in [2.45, 2.75) is 19.4 Å². The Hall–Kier alpha value is -3.20. The molecule has 3 heterocycles. The number of para-hydroxylation sites is 1. The van der Waals surface area contributed by atoms with Crippen LogP contribution in [0.2, 0.25) is 0 Å². The van der Waals surface area contributed by atoms with Crippen LogP contribution >= 0.6 is 0 Å². The van der Waals surface area contributed by atoms with Crippen molar-refractivity contribution < 1.29 is 9.53 Å². The molecule has 9 nitrogen and oxygen atoms in total. The molecular weight excluding hydrogens is 382 g/mol. The van der Waals surface area contributed by atoms with E-state index in [0.29, 0.717) is 24.7 Å². The normalized spacial score (nSPS) is 17.7. The number of benzene rings is 1. The topological polar surface area (TPSA) is 92.2 Å². The van der Waals surface area contributed by atoms with Gasteiger partial charge in [-0.25, -0.2) is 9.97 Å². The van der Waals surface area contributed by atoms with Crippen LogP contribution in [0.4, 0.5) is 0 Å². The van der Waals surface area contributed by atoms with Crippen LogP contribution in [-0.2, 0) is 7.05 Å². The average Bonchev–Trinajstić information content (AvgIpc) is 3.32. The molecule has 1 saturated heterocycles. The number of amides is 1. The lowest BCUT2D eigenvalue weighted by Crippen LogP contribution is -2.38. The minimum Gasteiger partial charge on any atom is -0.492 e. The van der Waals surface area contributed by atoms with Crippen molar-refractivity contribution >= 4 is 5.91 Å². The van der Waals surface area contributed by atoms with Crippen LogP contribution in [0.3, 0.4) is 0 Å². The summed E-state index contributed by atoms with van der Waals surface area (Å²) < 4.78 is 7.60. The number of carbonyl (C=O) groups excluding carboxylic acids is 1. The van der Waals surface area contributed by atoms with Crippen molar-refractivity contribution in [1.82, 2.24) is 34.5 Å². The van der Waals surface area contributed by atoms with E-state index in [1.807, 2.05) is 49.2 Å². The highest BCUT2D eigenvalue weighted by molar-refractivity contribution is 5.92. The monoisotopic (exact) mass is 409 g/mol. The molecular formula is C21H27N7O2. The molecule has 1 fully saturated rings. The second-order valence-corrected chi connectivity index (χ2v) is 7.47. The van der Waals surface area contributed by atoms with Gasteiger partial charge in [0.25, 0.3) is 5.91 Å². The van der Waals surface area contributed by atoms with Gasteiger partial charge < -0.3 is 14.2 Å². The Kier molecular flexibility index (Phi) is 6.08. The summed E-state index contributed by atoms with van der Waals surface area (Å²) in [5.74, 6) is 2.22. The zero-order valence-corrected chi connectivity index (χ0v) is 17.4. The van der Waals surface area contributed by atoms with Gasteiger partial charge in [-0.2, -0.15) is 5.10 Å². The van der Waals surface area contributed by atoms with E-state index < -0.39 is 0 Å². The van der Waals surface area contributed by atoms with Gasteiger partial charge >= 0.3 is 0 Å². The molecule has 1 aromatic carbocycles. The summed E-state index contributed by atoms with van der Waals surface area (Å²) in [5, 5.41) is 7.25. The van der Waals surface area contributed by atoms with E-state index in [4.69, 9.17) is 4.74 Å². The molecule has 0 radical (unpaired) electrons. The SMILES string of the molecule is Cc1nc(C2CCN(CCOc3ccccc3)CCN2C(=O)c2cncn2C)n[nH]1. The number of H-pyrrole nitrogens is 1. The van der Waals surface area contributed by atoms with Gasteiger partial charge in [-0.1, -0.05) is 18.2 Å². The average molecular weight is 409 g/mol. The number of nitrogens with zero attached hydrogens (tertiary/aromatic N) is 6. The minimum absolute atomic E-state index is 0.0511. The zero-order chi connectivity index (χ0) is 20.9. The first-order chi connectivity index (χ1) is 14.6. The molecule has 158 valence electrons. The number of imidazole rings is 1. The highest BCUT2D eigenvalue weighted by atomic mass is 16.5. The van der Waals surface area contributed by atoms with Crippen molar-refractivity contribution in [3.63, 3.8) is 0 Å². The van der Waals surface area contributed by atoms with Crippen LogP contribution in [-0.4, -0.2) is 73.2 Å². The Balaban J connectivity index is 1.46. The van der Waals surface area contributed by atoms with Crippen molar-refractivity contribution in [1.29, 1.82) is 0 Å². The molecule has 1 aliphatic heterocycles. The largest absolute Gasteiger partial charge is 0.492 e. The zero-order valence-electron chi connectivity index (χ0n) is 17.4. The number of hydrogen-bond acceptors (Lipinski definition) is 6. The van der Waals surface area contributed by atoms with Crippen molar-refractivity contribution in [2.75, 3.05) is 32.8 Å². The highest BCUT2D eigenvalue weighted by Gasteiger charge is 2.33. The Morgan fingerprint density at radius 1 is 1.23 bits per heavy atom. The molecule has 9 heteroatoms. The smallest absolute Gasteiger partial charge is 0.272 e. The molecule has 4 rings (SSSR count). The summed E-state index contributed by atoms with van der Waals surface area (Å²) in [6.45, 7) is 5.46. The quantitative estimate of drug-likeness (QED) is 0.668. The summed E-state index contributed by atoms with van der Waals surface area (Å²) >= 11 is 0. The van der Waals surface area contributed by atoms with E-state index in [9.17, 15) is 4.79 Å². The maximum atomic E-state index is 13.3.